The van der Waals surface area contributed by atoms with Gasteiger partial charge in [0, 0.05) is 6.54 Å². The van der Waals surface area contributed by atoms with Crippen LogP contribution in [0.3, 0.4) is 0 Å². The zero-order valence-corrected chi connectivity index (χ0v) is 10.1. The Morgan fingerprint density at radius 2 is 2.17 bits per heavy atom. The highest BCUT2D eigenvalue weighted by Gasteiger charge is 2.27. The second kappa shape index (κ2) is 4.97. The van der Waals surface area contributed by atoms with E-state index in [2.05, 4.69) is 20.7 Å². The number of carbonyl (C=O) groups excluding carboxylic acids is 1. The summed E-state index contributed by atoms with van der Waals surface area (Å²) >= 11 is 0. The topological polar surface area (TPSA) is 96.7 Å². The highest BCUT2D eigenvalue weighted by Crippen LogP contribution is 2.19. The van der Waals surface area contributed by atoms with Gasteiger partial charge in [-0.15, -0.1) is 0 Å². The van der Waals surface area contributed by atoms with Crippen molar-refractivity contribution in [3.05, 3.63) is 47.8 Å². The lowest BCUT2D eigenvalue weighted by molar-refractivity contribution is 0.0902. The average Bonchev–Trinajstić information content (AvgIpc) is 2.93. The molecule has 1 amide bonds. The number of H-pyrrole nitrogens is 1. The van der Waals surface area contributed by atoms with Crippen molar-refractivity contribution in [2.24, 2.45) is 5.73 Å². The van der Waals surface area contributed by atoms with Gasteiger partial charge in [0.05, 0.1) is 11.7 Å². The molecule has 0 saturated carbocycles. The van der Waals surface area contributed by atoms with Crippen molar-refractivity contribution in [2.45, 2.75) is 12.5 Å². The number of benzene rings is 1. The zero-order valence-electron chi connectivity index (χ0n) is 10.1. The Hall–Kier alpha value is -2.21. The van der Waals surface area contributed by atoms with Crippen molar-refractivity contribution < 1.29 is 4.79 Å². The van der Waals surface area contributed by atoms with Gasteiger partial charge in [0.25, 0.3) is 5.91 Å². The maximum Gasteiger partial charge on any atom is 0.274 e. The molecule has 6 heteroatoms. The van der Waals surface area contributed by atoms with Crippen LogP contribution in [0.25, 0.3) is 0 Å². The summed E-state index contributed by atoms with van der Waals surface area (Å²) in [4.78, 5) is 12.0. The predicted molar refractivity (Wildman–Crippen MR) is 66.7 cm³/mol. The maximum atomic E-state index is 12.0. The maximum absolute atomic E-state index is 12.0. The van der Waals surface area contributed by atoms with Crippen LogP contribution >= 0.6 is 0 Å². The summed E-state index contributed by atoms with van der Waals surface area (Å²) in [6, 6.07) is 9.59. The highest BCUT2D eigenvalue weighted by atomic mass is 16.2. The highest BCUT2D eigenvalue weighted by molar-refractivity contribution is 5.92. The molecule has 0 aliphatic rings. The largest absolute Gasteiger partial charge is 0.340 e. The molecule has 0 radical (unpaired) electrons. The molecule has 94 valence electrons. The van der Waals surface area contributed by atoms with Crippen molar-refractivity contribution in [1.29, 1.82) is 0 Å². The number of aromatic nitrogens is 3. The van der Waals surface area contributed by atoms with Gasteiger partial charge in [-0.05, 0) is 12.5 Å². The summed E-state index contributed by atoms with van der Waals surface area (Å²) < 4.78 is 0. The first-order valence-electron chi connectivity index (χ1n) is 5.59. The van der Waals surface area contributed by atoms with Crippen LogP contribution in [0.2, 0.25) is 0 Å². The quantitative estimate of drug-likeness (QED) is 0.726. The van der Waals surface area contributed by atoms with Gasteiger partial charge in [-0.1, -0.05) is 30.3 Å². The van der Waals surface area contributed by atoms with Crippen LogP contribution in [0.4, 0.5) is 0 Å². The number of nitrogens with zero attached hydrogens (tertiary/aromatic N) is 2. The summed E-state index contributed by atoms with van der Waals surface area (Å²) in [5.41, 5.74) is 6.34. The number of carbonyl (C=O) groups is 1. The smallest absolute Gasteiger partial charge is 0.274 e. The van der Waals surface area contributed by atoms with Gasteiger partial charge in [0.1, 0.15) is 0 Å². The molecule has 0 spiro atoms. The third kappa shape index (κ3) is 2.38. The van der Waals surface area contributed by atoms with E-state index >= 15 is 0 Å². The summed E-state index contributed by atoms with van der Waals surface area (Å²) in [6.45, 7) is 2.17. The third-order valence-electron chi connectivity index (χ3n) is 2.86. The molecule has 0 aliphatic carbocycles. The van der Waals surface area contributed by atoms with Crippen molar-refractivity contribution in [2.75, 3.05) is 6.54 Å². The molecule has 0 saturated heterocycles. The zero-order chi connectivity index (χ0) is 13.0. The summed E-state index contributed by atoms with van der Waals surface area (Å²) in [7, 11) is 0. The summed E-state index contributed by atoms with van der Waals surface area (Å²) in [6.07, 6.45) is 1.37. The average molecular weight is 245 g/mol. The molecule has 6 nitrogen and oxygen atoms in total. The van der Waals surface area contributed by atoms with Gasteiger partial charge >= 0.3 is 0 Å². The fourth-order valence-corrected chi connectivity index (χ4v) is 1.67. The number of nitrogens with two attached hydrogens (primary N) is 1. The molecule has 2 aromatic rings. The number of nitrogens with one attached hydrogen (secondary N) is 2. The van der Waals surface area contributed by atoms with Gasteiger partial charge in [0.2, 0.25) is 0 Å². The van der Waals surface area contributed by atoms with Crippen molar-refractivity contribution in [3.8, 4) is 0 Å². The van der Waals surface area contributed by atoms with E-state index < -0.39 is 5.54 Å². The molecule has 18 heavy (non-hydrogen) atoms. The molecule has 1 heterocycles. The van der Waals surface area contributed by atoms with Gasteiger partial charge in [-0.3, -0.25) is 4.79 Å². The molecular formula is C12H15N5O. The van der Waals surface area contributed by atoms with Crippen molar-refractivity contribution in [1.82, 2.24) is 20.7 Å². The minimum atomic E-state index is -0.628. The number of amides is 1. The number of rotatable bonds is 4. The Kier molecular flexibility index (Phi) is 3.38. The molecule has 4 N–H and O–H groups in total. The van der Waals surface area contributed by atoms with Crippen LogP contribution in [0, 0.1) is 0 Å². The standard InChI is InChI=1S/C12H15N5O/c1-12(8-13,9-5-3-2-4-6-9)15-11(18)10-7-14-17-16-10/h2-7H,8,13H2,1H3,(H,15,18)(H,14,16,17). The molecular weight excluding hydrogens is 230 g/mol. The van der Waals surface area contributed by atoms with Gasteiger partial charge < -0.3 is 11.1 Å². The SMILES string of the molecule is CC(CN)(NC(=O)c1cn[nH]n1)c1ccccc1. The molecule has 0 bridgehead atoms. The van der Waals surface area contributed by atoms with Crippen LogP contribution in [-0.2, 0) is 5.54 Å². The van der Waals surface area contributed by atoms with Gasteiger partial charge in [-0.2, -0.15) is 15.4 Å². The fourth-order valence-electron chi connectivity index (χ4n) is 1.67. The first kappa shape index (κ1) is 12.3. The first-order chi connectivity index (χ1) is 8.65. The minimum Gasteiger partial charge on any atom is -0.340 e. The van der Waals surface area contributed by atoms with E-state index in [1.54, 1.807) is 0 Å². The first-order valence-corrected chi connectivity index (χ1v) is 5.59. The van der Waals surface area contributed by atoms with Crippen LogP contribution in [0.15, 0.2) is 36.5 Å². The van der Waals surface area contributed by atoms with E-state index in [0.29, 0.717) is 6.54 Å². The molecule has 1 atom stereocenters. The number of hydrogen-bond donors (Lipinski definition) is 3. The Morgan fingerprint density at radius 3 is 2.72 bits per heavy atom. The third-order valence-corrected chi connectivity index (χ3v) is 2.86. The number of aromatic amines is 1. The Morgan fingerprint density at radius 1 is 1.44 bits per heavy atom. The van der Waals surface area contributed by atoms with Crippen molar-refractivity contribution in [3.63, 3.8) is 0 Å². The monoisotopic (exact) mass is 245 g/mol. The van der Waals surface area contributed by atoms with Gasteiger partial charge in [0.15, 0.2) is 5.69 Å². The molecule has 1 unspecified atom stereocenters. The van der Waals surface area contributed by atoms with Gasteiger partial charge in [-0.25, -0.2) is 0 Å². The lowest BCUT2D eigenvalue weighted by Crippen LogP contribution is -2.48. The van der Waals surface area contributed by atoms with E-state index in [1.807, 2.05) is 37.3 Å². The number of hydrogen-bond acceptors (Lipinski definition) is 4. The second-order valence-electron chi connectivity index (χ2n) is 4.21. The van der Waals surface area contributed by atoms with E-state index in [9.17, 15) is 4.79 Å². The van der Waals surface area contributed by atoms with E-state index in [-0.39, 0.29) is 11.6 Å². The fraction of sp³-hybridized carbons (Fsp3) is 0.250. The predicted octanol–water partition coefficient (Wildman–Crippen LogP) is 0.409. The van der Waals surface area contributed by atoms with Crippen LogP contribution in [0.5, 0.6) is 0 Å². The minimum absolute atomic E-state index is 0.241. The Bertz CT molecular complexity index is 511. The van der Waals surface area contributed by atoms with Crippen molar-refractivity contribution >= 4 is 5.91 Å². The normalized spacial score (nSPS) is 13.9. The summed E-state index contributed by atoms with van der Waals surface area (Å²) in [5.74, 6) is -0.305. The van der Waals surface area contributed by atoms with Crippen LogP contribution < -0.4 is 11.1 Å². The molecule has 0 fully saturated rings. The molecule has 1 aromatic carbocycles. The van der Waals surface area contributed by atoms with Crippen LogP contribution in [-0.4, -0.2) is 27.9 Å². The Labute approximate surface area is 105 Å². The van der Waals surface area contributed by atoms with E-state index in [1.165, 1.54) is 6.20 Å². The van der Waals surface area contributed by atoms with Crippen LogP contribution in [0.1, 0.15) is 23.0 Å². The molecule has 2 rings (SSSR count). The Balaban J connectivity index is 2.21. The molecule has 0 aliphatic heterocycles. The lowest BCUT2D eigenvalue weighted by Gasteiger charge is -2.29. The molecule has 1 aromatic heterocycles. The lowest BCUT2D eigenvalue weighted by atomic mass is 9.92. The summed E-state index contributed by atoms with van der Waals surface area (Å²) in [5, 5.41) is 12.6. The second-order valence-corrected chi connectivity index (χ2v) is 4.21. The van der Waals surface area contributed by atoms with E-state index in [4.69, 9.17) is 5.73 Å². The van der Waals surface area contributed by atoms with E-state index in [0.717, 1.165) is 5.56 Å².